The van der Waals surface area contributed by atoms with Crippen LogP contribution in [0.3, 0.4) is 0 Å². The third-order valence-corrected chi connectivity index (χ3v) is 5.67. The van der Waals surface area contributed by atoms with E-state index in [1.807, 2.05) is 32.0 Å². The zero-order chi connectivity index (χ0) is 18.7. The van der Waals surface area contributed by atoms with Gasteiger partial charge in [-0.3, -0.25) is 9.69 Å². The van der Waals surface area contributed by atoms with Crippen molar-refractivity contribution in [1.82, 2.24) is 4.90 Å². The van der Waals surface area contributed by atoms with Crippen molar-refractivity contribution < 1.29 is 26.7 Å². The second kappa shape index (κ2) is 9.35. The fourth-order valence-corrected chi connectivity index (χ4v) is 4.38. The Bertz CT molecular complexity index is 805. The van der Waals surface area contributed by atoms with Crippen molar-refractivity contribution in [3.8, 4) is 0 Å². The van der Waals surface area contributed by atoms with Crippen LogP contribution in [0.5, 0.6) is 0 Å². The number of ether oxygens (including phenoxy) is 1. The van der Waals surface area contributed by atoms with Crippen LogP contribution in [-0.4, -0.2) is 30.4 Å². The molecule has 0 atom stereocenters. The Kier molecular flexibility index (Phi) is 7.41. The summed E-state index contributed by atoms with van der Waals surface area (Å²) in [4.78, 5) is 27.9. The van der Waals surface area contributed by atoms with Crippen LogP contribution in [-0.2, 0) is 29.0 Å². The lowest BCUT2D eigenvalue weighted by atomic mass is 10.0. The van der Waals surface area contributed by atoms with E-state index < -0.39 is 0 Å². The molecule has 1 amide bonds. The van der Waals surface area contributed by atoms with Gasteiger partial charge in [0.2, 0.25) is 5.91 Å². The predicted molar refractivity (Wildman–Crippen MR) is 103 cm³/mol. The Morgan fingerprint density at radius 3 is 2.59 bits per heavy atom. The van der Waals surface area contributed by atoms with E-state index in [1.54, 1.807) is 0 Å². The topological polar surface area (TPSA) is 58.6 Å². The highest BCUT2D eigenvalue weighted by atomic mass is 35.5. The summed E-state index contributed by atoms with van der Waals surface area (Å²) in [6.45, 7) is 6.20. The third-order valence-electron chi connectivity index (χ3n) is 4.54. The number of anilines is 1. The molecule has 0 spiro atoms. The van der Waals surface area contributed by atoms with Gasteiger partial charge in [-0.1, -0.05) is 44.2 Å². The first-order valence-corrected chi connectivity index (χ1v) is 9.61. The molecule has 0 saturated heterocycles. The second-order valence-corrected chi connectivity index (χ2v) is 7.89. The highest BCUT2D eigenvalue weighted by Crippen LogP contribution is 2.38. The summed E-state index contributed by atoms with van der Waals surface area (Å²) in [5.41, 5.74) is 2.82. The summed E-state index contributed by atoms with van der Waals surface area (Å²) in [5.74, 6) is -0.609. The number of methoxy groups -OCH3 is 1. The van der Waals surface area contributed by atoms with Gasteiger partial charge in [-0.2, -0.15) is 0 Å². The van der Waals surface area contributed by atoms with E-state index >= 15 is 0 Å². The molecule has 5 nitrogen and oxygen atoms in total. The number of amides is 1. The molecule has 0 fully saturated rings. The molecule has 7 heteroatoms. The molecule has 146 valence electrons. The molecule has 1 aliphatic rings. The van der Waals surface area contributed by atoms with E-state index in [9.17, 15) is 9.59 Å². The van der Waals surface area contributed by atoms with E-state index in [2.05, 4.69) is 22.3 Å². The largest absolute Gasteiger partial charge is 1.00 e. The van der Waals surface area contributed by atoms with Crippen LogP contribution >= 0.6 is 11.3 Å². The minimum Gasteiger partial charge on any atom is -1.00 e. The molecule has 1 aromatic carbocycles. The number of fused-ring (bicyclic) bond motifs is 1. The molecule has 0 bridgehead atoms. The normalized spacial score (nSPS) is 13.6. The van der Waals surface area contributed by atoms with E-state index in [1.165, 1.54) is 24.0 Å². The number of carbonyl (C=O) groups excluding carboxylic acids is 2. The Balaban J connectivity index is 0.00000261. The highest BCUT2D eigenvalue weighted by Gasteiger charge is 2.29. The number of thiophene rings is 1. The lowest BCUT2D eigenvalue weighted by Gasteiger charge is -2.27. The lowest BCUT2D eigenvalue weighted by Crippen LogP contribution is -3.00. The number of nitrogens with one attached hydrogen (secondary N) is 1. The first-order chi connectivity index (χ1) is 12.5. The minimum atomic E-state index is -0.377. The molecule has 2 aromatic rings. The smallest absolute Gasteiger partial charge is 0.341 e. The fourth-order valence-electron chi connectivity index (χ4n) is 3.10. The maximum atomic E-state index is 12.3. The van der Waals surface area contributed by atoms with Crippen molar-refractivity contribution in [2.75, 3.05) is 19.0 Å². The molecular weight excluding hydrogens is 384 g/mol. The molecule has 0 unspecified atom stereocenters. The Morgan fingerprint density at radius 1 is 1.26 bits per heavy atom. The molecule has 3 rings (SSSR count). The van der Waals surface area contributed by atoms with Crippen molar-refractivity contribution in [3.63, 3.8) is 0 Å². The SMILES string of the molecule is COC(=O)c1c(NC(=O)C(C)C)sc2c1CCN(Cc1ccccc1)C2.[Cl-]. The van der Waals surface area contributed by atoms with Gasteiger partial charge in [0.15, 0.2) is 0 Å². The van der Waals surface area contributed by atoms with Gasteiger partial charge in [0, 0.05) is 30.4 Å². The van der Waals surface area contributed by atoms with Gasteiger partial charge in [-0.15, -0.1) is 11.3 Å². The molecule has 1 aromatic heterocycles. The van der Waals surface area contributed by atoms with Gasteiger partial charge in [0.25, 0.3) is 0 Å². The summed E-state index contributed by atoms with van der Waals surface area (Å²) in [7, 11) is 1.38. The predicted octanol–water partition coefficient (Wildman–Crippen LogP) is 0.692. The minimum absolute atomic E-state index is 0. The van der Waals surface area contributed by atoms with Gasteiger partial charge in [0.1, 0.15) is 5.00 Å². The summed E-state index contributed by atoms with van der Waals surface area (Å²) in [6, 6.07) is 10.4. The molecule has 27 heavy (non-hydrogen) atoms. The monoisotopic (exact) mass is 407 g/mol. The van der Waals surface area contributed by atoms with E-state index in [4.69, 9.17) is 4.74 Å². The molecular formula is C20H24ClN2O3S-. The van der Waals surface area contributed by atoms with Crippen LogP contribution in [0.2, 0.25) is 0 Å². The number of benzene rings is 1. The summed E-state index contributed by atoms with van der Waals surface area (Å²) in [5, 5.41) is 3.52. The maximum Gasteiger partial charge on any atom is 0.341 e. The summed E-state index contributed by atoms with van der Waals surface area (Å²) < 4.78 is 4.97. The van der Waals surface area contributed by atoms with Crippen molar-refractivity contribution in [3.05, 3.63) is 51.9 Å². The van der Waals surface area contributed by atoms with Gasteiger partial charge in [-0.05, 0) is 17.5 Å². The van der Waals surface area contributed by atoms with Gasteiger partial charge in [0.05, 0.1) is 12.7 Å². The van der Waals surface area contributed by atoms with Crippen LogP contribution in [0.15, 0.2) is 30.3 Å². The van der Waals surface area contributed by atoms with Crippen molar-refractivity contribution in [2.24, 2.45) is 5.92 Å². The standard InChI is InChI=1S/C20H24N2O3S.ClH/c1-13(2)18(23)21-19-17(20(24)25-3)15-9-10-22(12-16(15)26-19)11-14-7-5-4-6-8-14;/h4-8,13H,9-12H2,1-3H3,(H,21,23);1H/p-1. The van der Waals surface area contributed by atoms with Crippen molar-refractivity contribution in [2.45, 2.75) is 33.4 Å². The molecule has 1 aliphatic heterocycles. The Hall–Kier alpha value is -1.89. The number of rotatable bonds is 5. The molecule has 0 aliphatic carbocycles. The first-order valence-electron chi connectivity index (χ1n) is 8.79. The van der Waals surface area contributed by atoms with E-state index in [0.717, 1.165) is 36.5 Å². The van der Waals surface area contributed by atoms with Gasteiger partial charge < -0.3 is 22.5 Å². The number of hydrogen-bond donors (Lipinski definition) is 1. The molecule has 0 radical (unpaired) electrons. The molecule has 1 N–H and O–H groups in total. The first kappa shape index (κ1) is 21.4. The zero-order valence-corrected chi connectivity index (χ0v) is 17.3. The quantitative estimate of drug-likeness (QED) is 0.741. The van der Waals surface area contributed by atoms with E-state index in [-0.39, 0.29) is 30.2 Å². The van der Waals surface area contributed by atoms with Gasteiger partial charge >= 0.3 is 5.97 Å². The maximum absolute atomic E-state index is 12.3. The summed E-state index contributed by atoms with van der Waals surface area (Å²) >= 11 is 1.49. The third kappa shape index (κ3) is 4.89. The van der Waals surface area contributed by atoms with Crippen LogP contribution in [0.4, 0.5) is 5.00 Å². The van der Waals surface area contributed by atoms with Crippen LogP contribution < -0.4 is 17.7 Å². The Morgan fingerprint density at radius 2 is 1.96 bits per heavy atom. The highest BCUT2D eigenvalue weighted by molar-refractivity contribution is 7.17. The molecule has 2 heterocycles. The van der Waals surface area contributed by atoms with Crippen LogP contribution in [0.1, 0.15) is 40.2 Å². The average molecular weight is 408 g/mol. The van der Waals surface area contributed by atoms with Crippen LogP contribution in [0.25, 0.3) is 0 Å². The summed E-state index contributed by atoms with van der Waals surface area (Å²) in [6.07, 6.45) is 0.778. The van der Waals surface area contributed by atoms with E-state index in [0.29, 0.717) is 10.6 Å². The fraction of sp³-hybridized carbons (Fsp3) is 0.400. The number of hydrogen-bond acceptors (Lipinski definition) is 5. The lowest BCUT2D eigenvalue weighted by molar-refractivity contribution is -0.118. The van der Waals surface area contributed by atoms with Crippen molar-refractivity contribution >= 4 is 28.2 Å². The number of nitrogens with zero attached hydrogens (tertiary/aromatic N) is 1. The zero-order valence-electron chi connectivity index (χ0n) is 15.8. The van der Waals surface area contributed by atoms with Crippen LogP contribution in [0, 0.1) is 5.92 Å². The second-order valence-electron chi connectivity index (χ2n) is 6.79. The number of carbonyl (C=O) groups is 2. The number of esters is 1. The van der Waals surface area contributed by atoms with Crippen molar-refractivity contribution in [1.29, 1.82) is 0 Å². The number of halogens is 1. The van der Waals surface area contributed by atoms with Gasteiger partial charge in [-0.25, -0.2) is 4.79 Å². The Labute approximate surface area is 170 Å². The molecule has 0 saturated carbocycles. The average Bonchev–Trinajstić information content (AvgIpc) is 2.98.